The van der Waals surface area contributed by atoms with Gasteiger partial charge in [0.1, 0.15) is 0 Å². The van der Waals surface area contributed by atoms with Crippen LogP contribution in [0.4, 0.5) is 0 Å². The normalized spacial score (nSPS) is 10.8. The number of hydrogen-bond donors (Lipinski definition) is 1. The maximum absolute atomic E-state index is 12.1. The van der Waals surface area contributed by atoms with Gasteiger partial charge in [-0.3, -0.25) is 14.2 Å². The van der Waals surface area contributed by atoms with Crippen molar-refractivity contribution in [3.05, 3.63) is 74.3 Å². The molecule has 1 heterocycles. The molecular weight excluding hydrogens is 264 g/mol. The minimum atomic E-state index is -0.645. The summed E-state index contributed by atoms with van der Waals surface area (Å²) in [4.78, 5) is 26.3. The Balaban J connectivity index is 2.45. The minimum Gasteiger partial charge on any atom is -0.316 e. The van der Waals surface area contributed by atoms with Gasteiger partial charge in [-0.2, -0.15) is 0 Å². The lowest BCUT2D eigenvalue weighted by Crippen LogP contribution is -2.35. The fraction of sp³-hybridized carbons (Fsp3) is 0. The maximum atomic E-state index is 12.1. The van der Waals surface area contributed by atoms with E-state index in [-0.39, 0.29) is 0 Å². The Hall–Kier alpha value is -2.33. The second kappa shape index (κ2) is 4.40. The van der Waals surface area contributed by atoms with Crippen molar-refractivity contribution in [1.82, 2.24) is 9.55 Å². The number of rotatable bonds is 1. The molecule has 3 aromatic rings. The highest BCUT2D eigenvalue weighted by molar-refractivity contribution is 6.30. The van der Waals surface area contributed by atoms with E-state index in [9.17, 15) is 9.59 Å². The van der Waals surface area contributed by atoms with E-state index in [1.165, 1.54) is 4.57 Å². The van der Waals surface area contributed by atoms with Crippen LogP contribution in [0.15, 0.2) is 58.1 Å². The van der Waals surface area contributed by atoms with Gasteiger partial charge in [-0.25, -0.2) is 0 Å². The van der Waals surface area contributed by atoms with E-state index in [0.29, 0.717) is 21.7 Å². The van der Waals surface area contributed by atoms with E-state index < -0.39 is 11.1 Å². The van der Waals surface area contributed by atoms with Crippen LogP contribution in [0.5, 0.6) is 0 Å². The van der Waals surface area contributed by atoms with Gasteiger partial charge < -0.3 is 4.98 Å². The number of nitrogens with one attached hydrogen (secondary N) is 1. The summed E-state index contributed by atoms with van der Waals surface area (Å²) < 4.78 is 1.38. The van der Waals surface area contributed by atoms with Crippen LogP contribution in [-0.4, -0.2) is 9.55 Å². The lowest BCUT2D eigenvalue weighted by molar-refractivity contribution is 0.987. The first-order valence-electron chi connectivity index (χ1n) is 5.67. The maximum Gasteiger partial charge on any atom is 0.321 e. The second-order valence-electron chi connectivity index (χ2n) is 4.09. The molecule has 94 valence electrons. The summed E-state index contributed by atoms with van der Waals surface area (Å²) in [5.41, 5.74) is 0.614. The molecule has 2 aromatic carbocycles. The average molecular weight is 273 g/mol. The zero-order chi connectivity index (χ0) is 13.4. The summed E-state index contributed by atoms with van der Waals surface area (Å²) in [6.45, 7) is 0. The van der Waals surface area contributed by atoms with Gasteiger partial charge >= 0.3 is 11.1 Å². The number of benzene rings is 2. The molecule has 5 heteroatoms. The zero-order valence-electron chi connectivity index (χ0n) is 9.76. The summed E-state index contributed by atoms with van der Waals surface area (Å²) >= 11 is 5.83. The molecule has 0 radical (unpaired) electrons. The number of hydrogen-bond acceptors (Lipinski definition) is 2. The van der Waals surface area contributed by atoms with Crippen LogP contribution < -0.4 is 11.1 Å². The van der Waals surface area contributed by atoms with Crippen LogP contribution in [0.2, 0.25) is 5.02 Å². The van der Waals surface area contributed by atoms with Crippen LogP contribution in [0.1, 0.15) is 0 Å². The number of halogens is 1. The molecule has 0 saturated carbocycles. The molecule has 3 rings (SSSR count). The first kappa shape index (κ1) is 11.7. The summed E-state index contributed by atoms with van der Waals surface area (Å²) in [5.74, 6) is 0. The molecule has 0 saturated heterocycles. The Bertz CT molecular complexity index is 863. The van der Waals surface area contributed by atoms with Crippen LogP contribution in [0, 0.1) is 0 Å². The Morgan fingerprint density at radius 3 is 2.37 bits per heavy atom. The molecule has 0 fully saturated rings. The van der Waals surface area contributed by atoms with Crippen molar-refractivity contribution < 1.29 is 0 Å². The smallest absolute Gasteiger partial charge is 0.316 e. The van der Waals surface area contributed by atoms with Gasteiger partial charge in [0, 0.05) is 10.7 Å². The van der Waals surface area contributed by atoms with E-state index in [4.69, 9.17) is 11.6 Å². The van der Waals surface area contributed by atoms with E-state index in [1.807, 2.05) is 6.07 Å². The lowest BCUT2D eigenvalue weighted by Gasteiger charge is -2.09. The molecule has 0 amide bonds. The molecule has 0 spiro atoms. The van der Waals surface area contributed by atoms with Crippen molar-refractivity contribution >= 4 is 22.6 Å². The molecule has 0 bridgehead atoms. The molecule has 0 unspecified atom stereocenters. The number of aromatic amines is 1. The van der Waals surface area contributed by atoms with Gasteiger partial charge in [0.15, 0.2) is 0 Å². The van der Waals surface area contributed by atoms with Gasteiger partial charge in [-0.15, -0.1) is 0 Å². The first-order valence-corrected chi connectivity index (χ1v) is 6.04. The molecule has 1 N–H and O–H groups in total. The average Bonchev–Trinajstić information content (AvgIpc) is 2.42. The lowest BCUT2D eigenvalue weighted by atomic mass is 10.2. The van der Waals surface area contributed by atoms with Crippen LogP contribution >= 0.6 is 11.6 Å². The third kappa shape index (κ3) is 1.96. The Morgan fingerprint density at radius 1 is 0.947 bits per heavy atom. The van der Waals surface area contributed by atoms with Crippen LogP contribution in [0.25, 0.3) is 16.7 Å². The van der Waals surface area contributed by atoms with E-state index in [1.54, 1.807) is 42.5 Å². The fourth-order valence-electron chi connectivity index (χ4n) is 2.01. The third-order valence-electron chi connectivity index (χ3n) is 2.88. The SMILES string of the molecule is O=c1[nH]c2ccccc2n(-c2ccc(Cl)cc2)c1=O. The number of para-hydroxylation sites is 2. The quantitative estimate of drug-likeness (QED) is 0.691. The standard InChI is InChI=1S/C14H9ClN2O2/c15-9-5-7-10(8-6-9)17-12-4-2-1-3-11(12)16-13(18)14(17)19/h1-8H,(H,16,18). The van der Waals surface area contributed by atoms with Gasteiger partial charge in [0.05, 0.1) is 11.0 Å². The first-order chi connectivity index (χ1) is 9.16. The van der Waals surface area contributed by atoms with Gasteiger partial charge in [-0.05, 0) is 36.4 Å². The van der Waals surface area contributed by atoms with Gasteiger partial charge in [-0.1, -0.05) is 23.7 Å². The molecular formula is C14H9ClN2O2. The largest absolute Gasteiger partial charge is 0.321 e. The number of nitrogens with zero attached hydrogens (tertiary/aromatic N) is 1. The molecule has 19 heavy (non-hydrogen) atoms. The predicted octanol–water partition coefficient (Wildman–Crippen LogP) is 2.33. The minimum absolute atomic E-state index is 0.575. The summed E-state index contributed by atoms with van der Waals surface area (Å²) in [6.07, 6.45) is 0. The Labute approximate surface area is 112 Å². The van der Waals surface area contributed by atoms with Crippen molar-refractivity contribution in [2.24, 2.45) is 0 Å². The van der Waals surface area contributed by atoms with Crippen molar-refractivity contribution in [3.63, 3.8) is 0 Å². The Morgan fingerprint density at radius 2 is 1.63 bits per heavy atom. The predicted molar refractivity (Wildman–Crippen MR) is 75.2 cm³/mol. The van der Waals surface area contributed by atoms with Gasteiger partial charge in [0.25, 0.3) is 0 Å². The summed E-state index contributed by atoms with van der Waals surface area (Å²) in [6, 6.07) is 13.9. The van der Waals surface area contributed by atoms with Crippen molar-refractivity contribution in [2.75, 3.05) is 0 Å². The molecule has 0 aliphatic heterocycles. The van der Waals surface area contributed by atoms with E-state index >= 15 is 0 Å². The Kier molecular flexibility index (Phi) is 2.72. The number of aromatic nitrogens is 2. The highest BCUT2D eigenvalue weighted by Crippen LogP contribution is 2.16. The monoisotopic (exact) mass is 272 g/mol. The topological polar surface area (TPSA) is 54.9 Å². The molecule has 1 aromatic heterocycles. The van der Waals surface area contributed by atoms with Gasteiger partial charge in [0.2, 0.25) is 0 Å². The summed E-state index contributed by atoms with van der Waals surface area (Å²) in [7, 11) is 0. The van der Waals surface area contributed by atoms with Crippen molar-refractivity contribution in [3.8, 4) is 5.69 Å². The number of fused-ring (bicyclic) bond motifs is 1. The highest BCUT2D eigenvalue weighted by atomic mass is 35.5. The van der Waals surface area contributed by atoms with Crippen LogP contribution in [-0.2, 0) is 0 Å². The van der Waals surface area contributed by atoms with Crippen molar-refractivity contribution in [1.29, 1.82) is 0 Å². The molecule has 4 nitrogen and oxygen atoms in total. The molecule has 0 aliphatic rings. The number of H-pyrrole nitrogens is 1. The fourth-order valence-corrected chi connectivity index (χ4v) is 2.13. The van der Waals surface area contributed by atoms with Crippen LogP contribution in [0.3, 0.4) is 0 Å². The van der Waals surface area contributed by atoms with E-state index in [0.717, 1.165) is 0 Å². The molecule has 0 atom stereocenters. The van der Waals surface area contributed by atoms with E-state index in [2.05, 4.69) is 4.98 Å². The van der Waals surface area contributed by atoms with Crippen molar-refractivity contribution in [2.45, 2.75) is 0 Å². The highest BCUT2D eigenvalue weighted by Gasteiger charge is 2.08. The summed E-state index contributed by atoms with van der Waals surface area (Å²) in [5, 5.41) is 0.575. The zero-order valence-corrected chi connectivity index (χ0v) is 10.5. The third-order valence-corrected chi connectivity index (χ3v) is 3.13. The molecule has 0 aliphatic carbocycles. The second-order valence-corrected chi connectivity index (χ2v) is 4.52.